The minimum absolute atomic E-state index is 0.228. The minimum atomic E-state index is -0.228. The average molecular weight is 600 g/mol. The van der Waals surface area contributed by atoms with Crippen LogP contribution in [0.3, 0.4) is 0 Å². The Balaban J connectivity index is 1.50. The van der Waals surface area contributed by atoms with Crippen molar-refractivity contribution in [1.29, 1.82) is 0 Å². The Labute approximate surface area is 244 Å². The fourth-order valence-electron chi connectivity index (χ4n) is 3.64. The van der Waals surface area contributed by atoms with Crippen LogP contribution in [-0.4, -0.2) is 11.1 Å². The summed E-state index contributed by atoms with van der Waals surface area (Å²) in [5.41, 5.74) is 2.94. The van der Waals surface area contributed by atoms with Gasteiger partial charge in [0.15, 0.2) is 5.17 Å². The molecule has 9 heteroatoms. The largest absolute Gasteiger partial charge is 0.488 e. The Bertz CT molecular complexity index is 1540. The van der Waals surface area contributed by atoms with Crippen molar-refractivity contribution in [2.24, 2.45) is 4.99 Å². The van der Waals surface area contributed by atoms with Gasteiger partial charge >= 0.3 is 0 Å². The summed E-state index contributed by atoms with van der Waals surface area (Å²) >= 11 is 25.7. The lowest BCUT2D eigenvalue weighted by Gasteiger charge is -2.15. The molecule has 1 aliphatic heterocycles. The van der Waals surface area contributed by atoms with Crippen LogP contribution in [-0.2, 0) is 11.4 Å². The van der Waals surface area contributed by atoms with Crippen LogP contribution >= 0.6 is 58.2 Å². The van der Waals surface area contributed by atoms with E-state index in [1.807, 2.05) is 24.3 Å². The molecular formula is C29H18Cl4N2O2S. The van der Waals surface area contributed by atoms with Crippen molar-refractivity contribution in [3.63, 3.8) is 0 Å². The van der Waals surface area contributed by atoms with Gasteiger partial charge in [0.25, 0.3) is 5.91 Å². The van der Waals surface area contributed by atoms with E-state index in [9.17, 15) is 4.79 Å². The molecule has 5 rings (SSSR count). The Morgan fingerprint density at radius 2 is 1.34 bits per heavy atom. The number of rotatable bonds is 6. The number of amides is 1. The number of anilines is 1. The van der Waals surface area contributed by atoms with Crippen LogP contribution in [0.1, 0.15) is 11.1 Å². The Morgan fingerprint density at radius 3 is 2.00 bits per heavy atom. The fraction of sp³-hybridized carbons (Fsp3) is 0.0345. The number of carbonyl (C=O) groups excluding carboxylic acids is 1. The first-order chi connectivity index (χ1) is 18.4. The van der Waals surface area contributed by atoms with Crippen LogP contribution in [0.2, 0.25) is 20.1 Å². The van der Waals surface area contributed by atoms with E-state index in [2.05, 4.69) is 0 Å². The van der Waals surface area contributed by atoms with Crippen molar-refractivity contribution in [2.75, 3.05) is 4.90 Å². The summed E-state index contributed by atoms with van der Waals surface area (Å²) in [5, 5.41) is 2.85. The second-order valence-electron chi connectivity index (χ2n) is 8.20. The highest BCUT2D eigenvalue weighted by Crippen LogP contribution is 2.39. The molecule has 0 radical (unpaired) electrons. The molecule has 4 aromatic rings. The molecule has 38 heavy (non-hydrogen) atoms. The number of carbonyl (C=O) groups is 1. The molecule has 1 amide bonds. The van der Waals surface area contributed by atoms with E-state index in [1.54, 1.807) is 77.7 Å². The number of aliphatic imine (C=N–C) groups is 1. The fourth-order valence-corrected chi connectivity index (χ4v) is 5.19. The molecule has 0 spiro atoms. The van der Waals surface area contributed by atoms with Gasteiger partial charge in [-0.25, -0.2) is 4.99 Å². The molecule has 0 bridgehead atoms. The number of halogens is 4. The monoisotopic (exact) mass is 598 g/mol. The van der Waals surface area contributed by atoms with Gasteiger partial charge in [0.2, 0.25) is 0 Å². The molecule has 0 N–H and O–H groups in total. The number of benzene rings is 4. The van der Waals surface area contributed by atoms with Crippen molar-refractivity contribution in [3.05, 3.63) is 127 Å². The molecule has 190 valence electrons. The highest BCUT2D eigenvalue weighted by Gasteiger charge is 2.35. The molecule has 4 aromatic carbocycles. The first-order valence-electron chi connectivity index (χ1n) is 11.4. The van der Waals surface area contributed by atoms with Crippen molar-refractivity contribution >= 4 is 86.7 Å². The maximum Gasteiger partial charge on any atom is 0.271 e. The van der Waals surface area contributed by atoms with Gasteiger partial charge in [-0.15, -0.1) is 0 Å². The van der Waals surface area contributed by atoms with Gasteiger partial charge in [-0.05, 0) is 102 Å². The zero-order chi connectivity index (χ0) is 26.6. The van der Waals surface area contributed by atoms with Crippen LogP contribution in [0.4, 0.5) is 11.4 Å². The summed E-state index contributed by atoms with van der Waals surface area (Å²) in [7, 11) is 0. The predicted molar refractivity (Wildman–Crippen MR) is 160 cm³/mol. The summed E-state index contributed by atoms with van der Waals surface area (Å²) in [6.07, 6.45) is 1.77. The second-order valence-corrected chi connectivity index (χ2v) is 11.0. The van der Waals surface area contributed by atoms with Crippen molar-refractivity contribution in [3.8, 4) is 5.75 Å². The van der Waals surface area contributed by atoms with E-state index in [0.717, 1.165) is 5.56 Å². The summed E-state index contributed by atoms with van der Waals surface area (Å²) < 4.78 is 6.08. The van der Waals surface area contributed by atoms with E-state index in [-0.39, 0.29) is 5.91 Å². The van der Waals surface area contributed by atoms with Crippen LogP contribution in [0, 0.1) is 0 Å². The normalized spacial score (nSPS) is 15.5. The number of hydrogen-bond donors (Lipinski definition) is 0. The number of hydrogen-bond acceptors (Lipinski definition) is 4. The van der Waals surface area contributed by atoms with Crippen molar-refractivity contribution in [1.82, 2.24) is 0 Å². The van der Waals surface area contributed by atoms with Crippen LogP contribution < -0.4 is 9.64 Å². The van der Waals surface area contributed by atoms with Gasteiger partial charge in [0.1, 0.15) is 12.4 Å². The lowest BCUT2D eigenvalue weighted by molar-refractivity contribution is -0.113. The molecule has 1 saturated heterocycles. The Hall–Kier alpha value is -2.93. The highest BCUT2D eigenvalue weighted by atomic mass is 35.5. The standard InChI is InChI=1S/C29H18Cl4N2O2S/c30-20-3-1-18(2-4-20)17-37-26-14-9-23(33)15-19(26)16-27-28(36)35(25-12-7-22(32)8-13-25)29(38-27)34-24-10-5-21(31)6-11-24/h1-16H,17H2/b27-16-,34-29?. The summed E-state index contributed by atoms with van der Waals surface area (Å²) in [6.45, 7) is 0.330. The highest BCUT2D eigenvalue weighted by molar-refractivity contribution is 8.19. The molecule has 0 unspecified atom stereocenters. The van der Waals surface area contributed by atoms with Crippen LogP contribution in [0.25, 0.3) is 6.08 Å². The molecule has 4 nitrogen and oxygen atoms in total. The van der Waals surface area contributed by atoms with Gasteiger partial charge in [-0.1, -0.05) is 58.5 Å². The molecule has 0 aliphatic carbocycles. The van der Waals surface area contributed by atoms with E-state index >= 15 is 0 Å². The van der Waals surface area contributed by atoms with Crippen LogP contribution in [0.5, 0.6) is 5.75 Å². The Morgan fingerprint density at radius 1 is 0.763 bits per heavy atom. The molecule has 1 fully saturated rings. The number of amidine groups is 1. The van der Waals surface area contributed by atoms with E-state index in [1.165, 1.54) is 11.8 Å². The van der Waals surface area contributed by atoms with Gasteiger partial charge in [0, 0.05) is 25.7 Å². The predicted octanol–water partition coefficient (Wildman–Crippen LogP) is 9.69. The molecule has 0 aromatic heterocycles. The van der Waals surface area contributed by atoms with Gasteiger partial charge in [0.05, 0.1) is 16.3 Å². The van der Waals surface area contributed by atoms with E-state index in [4.69, 9.17) is 56.1 Å². The van der Waals surface area contributed by atoms with E-state index < -0.39 is 0 Å². The lowest BCUT2D eigenvalue weighted by Crippen LogP contribution is -2.28. The molecular weight excluding hydrogens is 582 g/mol. The second kappa shape index (κ2) is 11.9. The molecule has 1 aliphatic rings. The van der Waals surface area contributed by atoms with Crippen LogP contribution in [0.15, 0.2) is 101 Å². The third kappa shape index (κ3) is 6.37. The van der Waals surface area contributed by atoms with E-state index in [0.29, 0.717) is 59.5 Å². The summed E-state index contributed by atoms with van der Waals surface area (Å²) in [6, 6.07) is 26.8. The SMILES string of the molecule is O=C1/C(=C/c2cc(Cl)ccc2OCc2ccc(Cl)cc2)SC(=Nc2ccc(Cl)cc2)N1c1ccc(Cl)cc1. The zero-order valence-electron chi connectivity index (χ0n) is 19.6. The maximum absolute atomic E-state index is 13.7. The number of nitrogens with zero attached hydrogens (tertiary/aromatic N) is 2. The minimum Gasteiger partial charge on any atom is -0.488 e. The first kappa shape index (κ1) is 26.7. The maximum atomic E-state index is 13.7. The molecule has 0 atom stereocenters. The smallest absolute Gasteiger partial charge is 0.271 e. The quantitative estimate of drug-likeness (QED) is 0.207. The van der Waals surface area contributed by atoms with Crippen molar-refractivity contribution < 1.29 is 9.53 Å². The third-order valence-electron chi connectivity index (χ3n) is 5.51. The molecule has 0 saturated carbocycles. The third-order valence-corrected chi connectivity index (χ3v) is 7.47. The first-order valence-corrected chi connectivity index (χ1v) is 13.7. The van der Waals surface area contributed by atoms with Gasteiger partial charge in [-0.3, -0.25) is 9.69 Å². The number of ether oxygens (including phenoxy) is 1. The lowest BCUT2D eigenvalue weighted by atomic mass is 10.1. The Kier molecular flexibility index (Phi) is 8.32. The number of thioether (sulfide) groups is 1. The summed E-state index contributed by atoms with van der Waals surface area (Å²) in [5.74, 6) is 0.361. The molecule has 1 heterocycles. The topological polar surface area (TPSA) is 41.9 Å². The summed E-state index contributed by atoms with van der Waals surface area (Å²) in [4.78, 5) is 20.4. The zero-order valence-corrected chi connectivity index (χ0v) is 23.4. The van der Waals surface area contributed by atoms with Gasteiger partial charge < -0.3 is 4.74 Å². The average Bonchev–Trinajstić information content (AvgIpc) is 3.20. The van der Waals surface area contributed by atoms with Crippen molar-refractivity contribution in [2.45, 2.75) is 6.61 Å². The van der Waals surface area contributed by atoms with Gasteiger partial charge in [-0.2, -0.15) is 0 Å².